The summed E-state index contributed by atoms with van der Waals surface area (Å²) in [5, 5.41) is 6.06. The van der Waals surface area contributed by atoms with E-state index in [0.29, 0.717) is 17.9 Å². The Bertz CT molecular complexity index is 758. The van der Waals surface area contributed by atoms with Gasteiger partial charge in [-0.25, -0.2) is 9.78 Å². The second-order valence-corrected chi connectivity index (χ2v) is 6.87. The average molecular weight is 341 g/mol. The highest BCUT2D eigenvalue weighted by Crippen LogP contribution is 2.34. The zero-order valence-electron chi connectivity index (χ0n) is 14.3. The zero-order chi connectivity index (χ0) is 17.2. The van der Waals surface area contributed by atoms with Crippen molar-refractivity contribution in [1.29, 1.82) is 0 Å². The molecule has 1 aromatic carbocycles. The number of carbonyl (C=O) groups excluding carboxylic acids is 1. The number of ether oxygens (including phenoxy) is 1. The molecule has 6 heteroatoms. The average Bonchev–Trinajstić information content (AvgIpc) is 3.24. The molecule has 4 rings (SSSR count). The van der Waals surface area contributed by atoms with Gasteiger partial charge in [0.15, 0.2) is 0 Å². The summed E-state index contributed by atoms with van der Waals surface area (Å²) in [6.45, 7) is 2.69. The maximum Gasteiger partial charge on any atom is 0.319 e. The van der Waals surface area contributed by atoms with E-state index in [9.17, 15) is 4.79 Å². The Hall–Kier alpha value is -2.34. The smallest absolute Gasteiger partial charge is 0.319 e. The van der Waals surface area contributed by atoms with Crippen molar-refractivity contribution in [2.45, 2.75) is 44.8 Å². The molecule has 0 spiro atoms. The van der Waals surface area contributed by atoms with Gasteiger partial charge in [0, 0.05) is 29.8 Å². The van der Waals surface area contributed by atoms with Gasteiger partial charge in [0.2, 0.25) is 5.89 Å². The number of aryl methyl sites for hydroxylation is 1. The van der Waals surface area contributed by atoms with Gasteiger partial charge in [-0.1, -0.05) is 6.07 Å². The molecule has 3 atom stereocenters. The SMILES string of the molecule is Cc1coc(-c2cccc(NC(=O)N[C@@H]3CCC[C@H]4OCC[C@@H]34)c2)n1. The number of carbonyl (C=O) groups is 1. The first kappa shape index (κ1) is 16.1. The van der Waals surface area contributed by atoms with Crippen molar-refractivity contribution in [1.82, 2.24) is 10.3 Å². The van der Waals surface area contributed by atoms with E-state index < -0.39 is 0 Å². The van der Waals surface area contributed by atoms with Crippen LogP contribution in [0.2, 0.25) is 0 Å². The number of aromatic nitrogens is 1. The summed E-state index contributed by atoms with van der Waals surface area (Å²) in [4.78, 5) is 16.7. The highest BCUT2D eigenvalue weighted by atomic mass is 16.5. The molecule has 25 heavy (non-hydrogen) atoms. The molecule has 2 aromatic rings. The highest BCUT2D eigenvalue weighted by molar-refractivity contribution is 5.90. The fourth-order valence-corrected chi connectivity index (χ4v) is 3.91. The van der Waals surface area contributed by atoms with Crippen molar-refractivity contribution in [3.8, 4) is 11.5 Å². The number of anilines is 1. The molecular weight excluding hydrogens is 318 g/mol. The molecule has 1 aliphatic heterocycles. The lowest BCUT2D eigenvalue weighted by atomic mass is 9.82. The fourth-order valence-electron chi connectivity index (χ4n) is 3.91. The molecule has 2 N–H and O–H groups in total. The highest BCUT2D eigenvalue weighted by Gasteiger charge is 2.38. The number of oxazole rings is 1. The predicted molar refractivity (Wildman–Crippen MR) is 94.3 cm³/mol. The molecule has 0 unspecified atom stereocenters. The van der Waals surface area contributed by atoms with E-state index in [2.05, 4.69) is 15.6 Å². The molecular formula is C19H23N3O3. The van der Waals surface area contributed by atoms with Gasteiger partial charge in [-0.15, -0.1) is 0 Å². The van der Waals surface area contributed by atoms with E-state index in [1.807, 2.05) is 31.2 Å². The first-order valence-electron chi connectivity index (χ1n) is 8.91. The van der Waals surface area contributed by atoms with Gasteiger partial charge in [0.25, 0.3) is 0 Å². The summed E-state index contributed by atoms with van der Waals surface area (Å²) >= 11 is 0. The number of hydrogen-bond acceptors (Lipinski definition) is 4. The van der Waals surface area contributed by atoms with Gasteiger partial charge < -0.3 is 19.8 Å². The number of hydrogen-bond donors (Lipinski definition) is 2. The second-order valence-electron chi connectivity index (χ2n) is 6.87. The van der Waals surface area contributed by atoms with Crippen molar-refractivity contribution < 1.29 is 13.9 Å². The molecule has 132 valence electrons. The number of amides is 2. The van der Waals surface area contributed by atoms with Crippen LogP contribution >= 0.6 is 0 Å². The predicted octanol–water partition coefficient (Wildman–Crippen LogP) is 3.73. The van der Waals surface area contributed by atoms with Crippen LogP contribution in [0.4, 0.5) is 10.5 Å². The molecule has 1 aromatic heterocycles. The fraction of sp³-hybridized carbons (Fsp3) is 0.474. The summed E-state index contributed by atoms with van der Waals surface area (Å²) in [5.41, 5.74) is 2.39. The van der Waals surface area contributed by atoms with E-state index in [4.69, 9.17) is 9.15 Å². The molecule has 2 aliphatic rings. The van der Waals surface area contributed by atoms with E-state index in [0.717, 1.165) is 49.2 Å². The standard InChI is InChI=1S/C19H23N3O3/c1-12-11-25-18(20-12)13-4-2-5-14(10-13)21-19(23)22-16-6-3-7-17-15(16)8-9-24-17/h2,4-5,10-11,15-17H,3,6-9H2,1H3,(H2,21,22,23)/t15-,16+,17+/m0/s1. The Morgan fingerprint density at radius 3 is 3.04 bits per heavy atom. The van der Waals surface area contributed by atoms with Crippen LogP contribution in [0.15, 0.2) is 34.9 Å². The minimum absolute atomic E-state index is 0.168. The zero-order valence-corrected chi connectivity index (χ0v) is 14.3. The van der Waals surface area contributed by atoms with E-state index in [1.54, 1.807) is 6.26 Å². The van der Waals surface area contributed by atoms with E-state index in [1.165, 1.54) is 0 Å². The molecule has 1 aliphatic carbocycles. The van der Waals surface area contributed by atoms with Crippen LogP contribution < -0.4 is 10.6 Å². The molecule has 1 saturated carbocycles. The van der Waals surface area contributed by atoms with Gasteiger partial charge in [0.1, 0.15) is 6.26 Å². The van der Waals surface area contributed by atoms with Crippen LogP contribution in [0, 0.1) is 12.8 Å². The van der Waals surface area contributed by atoms with Gasteiger partial charge in [-0.05, 0) is 50.8 Å². The van der Waals surface area contributed by atoms with Crippen LogP contribution in [0.1, 0.15) is 31.4 Å². The van der Waals surface area contributed by atoms with Gasteiger partial charge in [-0.2, -0.15) is 0 Å². The number of nitrogens with one attached hydrogen (secondary N) is 2. The van der Waals surface area contributed by atoms with Crippen molar-refractivity contribution in [3.63, 3.8) is 0 Å². The second kappa shape index (κ2) is 6.88. The Balaban J connectivity index is 1.41. The number of fused-ring (bicyclic) bond motifs is 1. The number of benzene rings is 1. The minimum Gasteiger partial charge on any atom is -0.444 e. The van der Waals surface area contributed by atoms with Crippen LogP contribution in [0.25, 0.3) is 11.5 Å². The van der Waals surface area contributed by atoms with Crippen LogP contribution in [-0.4, -0.2) is 29.8 Å². The summed E-state index contributed by atoms with van der Waals surface area (Å²) in [5.74, 6) is 1.00. The molecule has 2 heterocycles. The van der Waals surface area contributed by atoms with Crippen molar-refractivity contribution in [2.75, 3.05) is 11.9 Å². The lowest BCUT2D eigenvalue weighted by Crippen LogP contribution is -2.47. The molecule has 0 radical (unpaired) electrons. The Kier molecular flexibility index (Phi) is 4.44. The maximum atomic E-state index is 12.4. The lowest BCUT2D eigenvalue weighted by molar-refractivity contribution is 0.0553. The summed E-state index contributed by atoms with van der Waals surface area (Å²) in [6.07, 6.45) is 6.20. The number of nitrogens with zero attached hydrogens (tertiary/aromatic N) is 1. The Morgan fingerprint density at radius 2 is 2.20 bits per heavy atom. The normalized spacial score (nSPS) is 25.4. The summed E-state index contributed by atoms with van der Waals surface area (Å²) in [7, 11) is 0. The summed E-state index contributed by atoms with van der Waals surface area (Å²) in [6, 6.07) is 7.55. The Labute approximate surface area is 147 Å². The third-order valence-corrected chi connectivity index (χ3v) is 5.08. The largest absolute Gasteiger partial charge is 0.444 e. The van der Waals surface area contributed by atoms with Crippen LogP contribution in [-0.2, 0) is 4.74 Å². The van der Waals surface area contributed by atoms with Gasteiger partial charge in [-0.3, -0.25) is 0 Å². The first-order chi connectivity index (χ1) is 12.2. The molecule has 6 nitrogen and oxygen atoms in total. The van der Waals surface area contributed by atoms with Crippen molar-refractivity contribution in [2.24, 2.45) is 5.92 Å². The van der Waals surface area contributed by atoms with Crippen molar-refractivity contribution >= 4 is 11.7 Å². The minimum atomic E-state index is -0.168. The molecule has 1 saturated heterocycles. The van der Waals surface area contributed by atoms with Gasteiger partial charge in [0.05, 0.1) is 11.8 Å². The third-order valence-electron chi connectivity index (χ3n) is 5.08. The molecule has 2 amide bonds. The molecule has 2 fully saturated rings. The van der Waals surface area contributed by atoms with Crippen molar-refractivity contribution in [3.05, 3.63) is 36.2 Å². The topological polar surface area (TPSA) is 76.4 Å². The van der Waals surface area contributed by atoms with Crippen LogP contribution in [0.3, 0.4) is 0 Å². The molecule has 0 bridgehead atoms. The maximum absolute atomic E-state index is 12.4. The monoisotopic (exact) mass is 341 g/mol. The third kappa shape index (κ3) is 3.54. The van der Waals surface area contributed by atoms with Gasteiger partial charge >= 0.3 is 6.03 Å². The van der Waals surface area contributed by atoms with E-state index in [-0.39, 0.29) is 12.1 Å². The van der Waals surface area contributed by atoms with E-state index >= 15 is 0 Å². The number of rotatable bonds is 3. The quantitative estimate of drug-likeness (QED) is 0.892. The first-order valence-corrected chi connectivity index (χ1v) is 8.91. The Morgan fingerprint density at radius 1 is 1.28 bits per heavy atom. The summed E-state index contributed by atoms with van der Waals surface area (Å²) < 4.78 is 11.2. The lowest BCUT2D eigenvalue weighted by Gasteiger charge is -2.33. The van der Waals surface area contributed by atoms with Crippen LogP contribution in [0.5, 0.6) is 0 Å². The number of urea groups is 1.